The topological polar surface area (TPSA) is 54.0 Å². The van der Waals surface area contributed by atoms with E-state index in [0.717, 1.165) is 17.7 Å². The van der Waals surface area contributed by atoms with E-state index >= 15 is 0 Å². The minimum atomic E-state index is -0.274. The number of benzene rings is 2. The maximum absolute atomic E-state index is 13.0. The van der Waals surface area contributed by atoms with E-state index in [2.05, 4.69) is 15.6 Å². The smallest absolute Gasteiger partial charge is 0.239 e. The molecule has 0 aliphatic carbocycles. The Hall–Kier alpha value is -2.73. The number of aromatic nitrogens is 1. The molecule has 0 spiro atoms. The molecular formula is C19H18FN3OS. The van der Waals surface area contributed by atoms with Crippen LogP contribution in [0.5, 0.6) is 0 Å². The van der Waals surface area contributed by atoms with Crippen LogP contribution in [-0.4, -0.2) is 24.0 Å². The summed E-state index contributed by atoms with van der Waals surface area (Å²) in [5.74, 6) is -0.348. The third kappa shape index (κ3) is 5.12. The van der Waals surface area contributed by atoms with Crippen LogP contribution in [0, 0.1) is 5.82 Å². The highest BCUT2D eigenvalue weighted by Crippen LogP contribution is 2.24. The third-order valence-electron chi connectivity index (χ3n) is 3.62. The second kappa shape index (κ2) is 8.39. The zero-order valence-corrected chi connectivity index (χ0v) is 14.4. The summed E-state index contributed by atoms with van der Waals surface area (Å²) in [6.07, 6.45) is 0.804. The first-order chi connectivity index (χ1) is 12.2. The first-order valence-corrected chi connectivity index (χ1v) is 8.84. The predicted molar refractivity (Wildman–Crippen MR) is 99.2 cm³/mol. The first kappa shape index (κ1) is 17.1. The van der Waals surface area contributed by atoms with Gasteiger partial charge in [0.2, 0.25) is 5.91 Å². The molecule has 0 aliphatic rings. The van der Waals surface area contributed by atoms with Crippen LogP contribution in [-0.2, 0) is 11.2 Å². The normalized spacial score (nSPS) is 10.4. The van der Waals surface area contributed by atoms with Crippen molar-refractivity contribution in [2.24, 2.45) is 0 Å². The largest absolute Gasteiger partial charge is 0.354 e. The van der Waals surface area contributed by atoms with Gasteiger partial charge in [-0.25, -0.2) is 9.37 Å². The lowest BCUT2D eigenvalue weighted by molar-refractivity contribution is -0.119. The van der Waals surface area contributed by atoms with Gasteiger partial charge in [-0.15, -0.1) is 11.3 Å². The van der Waals surface area contributed by atoms with E-state index in [4.69, 9.17) is 0 Å². The van der Waals surface area contributed by atoms with Crippen molar-refractivity contribution in [3.8, 4) is 11.3 Å². The molecule has 0 radical (unpaired) electrons. The van der Waals surface area contributed by atoms with Crippen LogP contribution < -0.4 is 10.6 Å². The standard InChI is InChI=1S/C19H18FN3OS/c20-16-8-6-15(7-9-16)17-13-25-19(23-17)22-12-18(24)21-11-10-14-4-2-1-3-5-14/h1-9,13H,10-12H2,(H,21,24)(H,22,23). The second-order valence-electron chi connectivity index (χ2n) is 5.48. The molecule has 128 valence electrons. The monoisotopic (exact) mass is 355 g/mol. The molecule has 0 aliphatic heterocycles. The van der Waals surface area contributed by atoms with E-state index in [9.17, 15) is 9.18 Å². The number of nitrogens with zero attached hydrogens (tertiary/aromatic N) is 1. The number of rotatable bonds is 7. The fraction of sp³-hybridized carbons (Fsp3) is 0.158. The average Bonchev–Trinajstić information content (AvgIpc) is 3.10. The number of hydrogen-bond donors (Lipinski definition) is 2. The van der Waals surface area contributed by atoms with E-state index < -0.39 is 0 Å². The van der Waals surface area contributed by atoms with Gasteiger partial charge in [0.15, 0.2) is 5.13 Å². The highest BCUT2D eigenvalue weighted by Gasteiger charge is 2.06. The van der Waals surface area contributed by atoms with Crippen molar-refractivity contribution in [2.45, 2.75) is 6.42 Å². The summed E-state index contributed by atoms with van der Waals surface area (Å²) < 4.78 is 13.0. The molecule has 2 N–H and O–H groups in total. The van der Waals surface area contributed by atoms with Gasteiger partial charge in [-0.2, -0.15) is 0 Å². The molecule has 0 bridgehead atoms. The molecule has 6 heteroatoms. The van der Waals surface area contributed by atoms with Crippen LogP contribution in [0.25, 0.3) is 11.3 Å². The number of anilines is 1. The molecule has 0 unspecified atom stereocenters. The zero-order valence-electron chi connectivity index (χ0n) is 13.5. The fourth-order valence-corrected chi connectivity index (χ4v) is 3.04. The Bertz CT molecular complexity index is 818. The van der Waals surface area contributed by atoms with Crippen molar-refractivity contribution in [1.29, 1.82) is 0 Å². The van der Waals surface area contributed by atoms with Gasteiger partial charge in [0.1, 0.15) is 5.82 Å². The van der Waals surface area contributed by atoms with Crippen molar-refractivity contribution in [2.75, 3.05) is 18.4 Å². The maximum atomic E-state index is 13.0. The van der Waals surface area contributed by atoms with Gasteiger partial charge in [0.25, 0.3) is 0 Å². The summed E-state index contributed by atoms with van der Waals surface area (Å²) in [4.78, 5) is 16.3. The highest BCUT2D eigenvalue weighted by atomic mass is 32.1. The van der Waals surface area contributed by atoms with Gasteiger partial charge in [-0.3, -0.25) is 4.79 Å². The highest BCUT2D eigenvalue weighted by molar-refractivity contribution is 7.14. The lowest BCUT2D eigenvalue weighted by Crippen LogP contribution is -2.31. The van der Waals surface area contributed by atoms with Crippen LogP contribution in [0.4, 0.5) is 9.52 Å². The molecule has 3 rings (SSSR count). The summed E-state index contributed by atoms with van der Waals surface area (Å²) in [7, 11) is 0. The summed E-state index contributed by atoms with van der Waals surface area (Å²) in [5.41, 5.74) is 2.80. The molecule has 4 nitrogen and oxygen atoms in total. The van der Waals surface area contributed by atoms with Crippen LogP contribution in [0.3, 0.4) is 0 Å². The Morgan fingerprint density at radius 3 is 2.60 bits per heavy atom. The van der Waals surface area contributed by atoms with E-state index in [1.807, 2.05) is 35.7 Å². The number of carbonyl (C=O) groups is 1. The Labute approximate surface area is 149 Å². The minimum Gasteiger partial charge on any atom is -0.354 e. The SMILES string of the molecule is O=C(CNc1nc(-c2ccc(F)cc2)cs1)NCCc1ccccc1. The third-order valence-corrected chi connectivity index (χ3v) is 4.42. The first-order valence-electron chi connectivity index (χ1n) is 7.97. The molecule has 0 fully saturated rings. The number of amides is 1. The minimum absolute atomic E-state index is 0.0746. The summed E-state index contributed by atoms with van der Waals surface area (Å²) >= 11 is 1.42. The molecular weight excluding hydrogens is 337 g/mol. The molecule has 1 amide bonds. The van der Waals surface area contributed by atoms with Crippen LogP contribution in [0.15, 0.2) is 60.0 Å². The van der Waals surface area contributed by atoms with E-state index in [1.54, 1.807) is 12.1 Å². The maximum Gasteiger partial charge on any atom is 0.239 e. The summed E-state index contributed by atoms with van der Waals surface area (Å²) in [6.45, 7) is 0.772. The average molecular weight is 355 g/mol. The number of carbonyl (C=O) groups excluding carboxylic acids is 1. The van der Waals surface area contributed by atoms with Crippen molar-refractivity contribution in [1.82, 2.24) is 10.3 Å². The van der Waals surface area contributed by atoms with Gasteiger partial charge in [-0.05, 0) is 36.2 Å². The van der Waals surface area contributed by atoms with Crippen molar-refractivity contribution in [3.63, 3.8) is 0 Å². The van der Waals surface area contributed by atoms with Crippen molar-refractivity contribution >= 4 is 22.4 Å². The molecule has 0 saturated carbocycles. The number of hydrogen-bond acceptors (Lipinski definition) is 4. The summed E-state index contributed by atoms with van der Waals surface area (Å²) in [6, 6.07) is 16.2. The molecule has 0 saturated heterocycles. The Balaban J connectivity index is 1.44. The predicted octanol–water partition coefficient (Wildman–Crippen LogP) is 3.72. The van der Waals surface area contributed by atoms with E-state index in [-0.39, 0.29) is 18.3 Å². The molecule has 25 heavy (non-hydrogen) atoms. The van der Waals surface area contributed by atoms with E-state index in [0.29, 0.717) is 11.7 Å². The molecule has 3 aromatic rings. The van der Waals surface area contributed by atoms with Crippen molar-refractivity contribution < 1.29 is 9.18 Å². The molecule has 0 atom stereocenters. The van der Waals surface area contributed by atoms with Crippen LogP contribution in [0.2, 0.25) is 0 Å². The van der Waals surface area contributed by atoms with Gasteiger partial charge in [0.05, 0.1) is 12.2 Å². The van der Waals surface area contributed by atoms with E-state index in [1.165, 1.54) is 29.0 Å². The quantitative estimate of drug-likeness (QED) is 0.679. The van der Waals surface area contributed by atoms with Crippen LogP contribution >= 0.6 is 11.3 Å². The number of nitrogens with one attached hydrogen (secondary N) is 2. The number of halogens is 1. The van der Waals surface area contributed by atoms with Gasteiger partial charge in [0, 0.05) is 17.5 Å². The Morgan fingerprint density at radius 2 is 1.84 bits per heavy atom. The lowest BCUT2D eigenvalue weighted by Gasteiger charge is -2.06. The van der Waals surface area contributed by atoms with Gasteiger partial charge in [-0.1, -0.05) is 30.3 Å². The fourth-order valence-electron chi connectivity index (χ4n) is 2.32. The van der Waals surface area contributed by atoms with Crippen molar-refractivity contribution in [3.05, 3.63) is 71.4 Å². The zero-order chi connectivity index (χ0) is 17.5. The van der Waals surface area contributed by atoms with Gasteiger partial charge >= 0.3 is 0 Å². The Kier molecular flexibility index (Phi) is 5.74. The summed E-state index contributed by atoms with van der Waals surface area (Å²) in [5, 5.41) is 8.44. The van der Waals surface area contributed by atoms with Crippen LogP contribution in [0.1, 0.15) is 5.56 Å². The lowest BCUT2D eigenvalue weighted by atomic mass is 10.1. The second-order valence-corrected chi connectivity index (χ2v) is 6.34. The molecule has 1 aromatic heterocycles. The van der Waals surface area contributed by atoms with Gasteiger partial charge < -0.3 is 10.6 Å². The number of thiazole rings is 1. The Morgan fingerprint density at radius 1 is 1.08 bits per heavy atom. The molecule has 1 heterocycles. The molecule has 2 aromatic carbocycles.